The van der Waals surface area contributed by atoms with Crippen LogP contribution in [0.5, 0.6) is 0 Å². The summed E-state index contributed by atoms with van der Waals surface area (Å²) in [4.78, 5) is 13.6. The quantitative estimate of drug-likeness (QED) is 0.700. The number of carbonyl (C=O) groups is 1. The number of hydrogen-bond donors (Lipinski definition) is 2. The lowest BCUT2D eigenvalue weighted by molar-refractivity contribution is -0.132. The zero-order valence-electron chi connectivity index (χ0n) is 9.48. The molecule has 3 N–H and O–H groups in total. The van der Waals surface area contributed by atoms with Crippen LogP contribution in [-0.2, 0) is 4.79 Å². The van der Waals surface area contributed by atoms with Crippen LogP contribution in [0, 0.1) is 0 Å². The molecule has 1 aliphatic heterocycles. The molecule has 0 aromatic carbocycles. The smallest absolute Gasteiger partial charge is 0.222 e. The molecule has 1 rings (SSSR count). The second-order valence-corrected chi connectivity index (χ2v) is 4.44. The van der Waals surface area contributed by atoms with E-state index in [0.717, 1.165) is 32.2 Å². The minimum Gasteiger partial charge on any atom is -0.394 e. The Morgan fingerprint density at radius 1 is 1.67 bits per heavy atom. The summed E-state index contributed by atoms with van der Waals surface area (Å²) >= 11 is 0. The van der Waals surface area contributed by atoms with Crippen LogP contribution in [-0.4, -0.2) is 41.1 Å². The lowest BCUT2D eigenvalue weighted by Gasteiger charge is -2.23. The van der Waals surface area contributed by atoms with Crippen LogP contribution < -0.4 is 5.73 Å². The maximum Gasteiger partial charge on any atom is 0.222 e. The van der Waals surface area contributed by atoms with Gasteiger partial charge in [-0.3, -0.25) is 4.79 Å². The third kappa shape index (κ3) is 3.80. The lowest BCUT2D eigenvalue weighted by Crippen LogP contribution is -2.37. The molecule has 0 spiro atoms. The summed E-state index contributed by atoms with van der Waals surface area (Å²) < 4.78 is 0. The van der Waals surface area contributed by atoms with Gasteiger partial charge >= 0.3 is 0 Å². The minimum atomic E-state index is 0.0628. The van der Waals surface area contributed by atoms with E-state index in [4.69, 9.17) is 10.8 Å². The van der Waals surface area contributed by atoms with E-state index in [1.54, 1.807) is 0 Å². The van der Waals surface area contributed by atoms with Gasteiger partial charge in [-0.2, -0.15) is 0 Å². The molecule has 0 aliphatic carbocycles. The van der Waals surface area contributed by atoms with Gasteiger partial charge in [0.2, 0.25) is 5.91 Å². The molecule has 0 aromatic heterocycles. The van der Waals surface area contributed by atoms with E-state index < -0.39 is 0 Å². The zero-order chi connectivity index (χ0) is 11.3. The predicted octanol–water partition coefficient (Wildman–Crippen LogP) is 0.487. The summed E-state index contributed by atoms with van der Waals surface area (Å²) in [5, 5.41) is 9.09. The van der Waals surface area contributed by atoms with E-state index in [-0.39, 0.29) is 24.6 Å². The zero-order valence-corrected chi connectivity index (χ0v) is 9.48. The molecule has 4 heteroatoms. The Morgan fingerprint density at radius 3 is 3.00 bits per heavy atom. The number of carbonyl (C=O) groups excluding carboxylic acids is 1. The summed E-state index contributed by atoms with van der Waals surface area (Å²) in [5.41, 5.74) is 5.62. The maximum atomic E-state index is 11.8. The molecular weight excluding hydrogens is 192 g/mol. The highest BCUT2D eigenvalue weighted by Crippen LogP contribution is 2.18. The summed E-state index contributed by atoms with van der Waals surface area (Å²) in [7, 11) is 0. The second-order valence-electron chi connectivity index (χ2n) is 4.44. The molecular formula is C11H22N2O2. The maximum absolute atomic E-state index is 11.8. The van der Waals surface area contributed by atoms with E-state index in [9.17, 15) is 4.79 Å². The molecule has 0 bridgehead atoms. The Hall–Kier alpha value is -0.610. The van der Waals surface area contributed by atoms with Crippen LogP contribution in [0.4, 0.5) is 0 Å². The normalized spacial score (nSPS) is 23.1. The van der Waals surface area contributed by atoms with Gasteiger partial charge in [0.1, 0.15) is 0 Å². The second kappa shape index (κ2) is 6.08. The van der Waals surface area contributed by atoms with Gasteiger partial charge in [-0.15, -0.1) is 0 Å². The molecule has 0 saturated carbocycles. The molecule has 0 aromatic rings. The van der Waals surface area contributed by atoms with Gasteiger partial charge in [0.05, 0.1) is 12.6 Å². The van der Waals surface area contributed by atoms with E-state index in [1.807, 2.05) is 11.8 Å². The molecule has 1 unspecified atom stereocenters. The fourth-order valence-electron chi connectivity index (χ4n) is 2.07. The molecule has 1 amide bonds. The number of nitrogens with two attached hydrogens (primary N) is 1. The highest BCUT2D eigenvalue weighted by atomic mass is 16.3. The molecule has 0 radical (unpaired) electrons. The Morgan fingerprint density at radius 2 is 2.40 bits per heavy atom. The number of nitrogens with zero attached hydrogens (tertiary/aromatic N) is 1. The molecule has 2 atom stereocenters. The third-order valence-electron chi connectivity index (χ3n) is 2.96. The molecule has 1 heterocycles. The highest BCUT2D eigenvalue weighted by molar-refractivity contribution is 5.76. The largest absolute Gasteiger partial charge is 0.394 e. The molecule has 1 aliphatic rings. The molecule has 1 saturated heterocycles. The van der Waals surface area contributed by atoms with Gasteiger partial charge < -0.3 is 15.7 Å². The lowest BCUT2D eigenvalue weighted by atomic mass is 10.1. The first kappa shape index (κ1) is 12.5. The van der Waals surface area contributed by atoms with Gasteiger partial charge in [-0.25, -0.2) is 0 Å². The van der Waals surface area contributed by atoms with E-state index in [2.05, 4.69) is 0 Å². The first-order valence-electron chi connectivity index (χ1n) is 5.81. The number of aliphatic hydroxyl groups is 1. The topological polar surface area (TPSA) is 66.6 Å². The van der Waals surface area contributed by atoms with E-state index in [0.29, 0.717) is 6.42 Å². The van der Waals surface area contributed by atoms with Crippen molar-refractivity contribution in [1.29, 1.82) is 0 Å². The first-order chi connectivity index (χ1) is 7.15. The fourth-order valence-corrected chi connectivity index (χ4v) is 2.07. The monoisotopic (exact) mass is 214 g/mol. The molecule has 88 valence electrons. The van der Waals surface area contributed by atoms with Crippen LogP contribution in [0.1, 0.15) is 39.0 Å². The van der Waals surface area contributed by atoms with Crippen molar-refractivity contribution in [2.75, 3.05) is 13.2 Å². The van der Waals surface area contributed by atoms with Gasteiger partial charge in [0.25, 0.3) is 0 Å². The van der Waals surface area contributed by atoms with Gasteiger partial charge in [-0.05, 0) is 32.6 Å². The average Bonchev–Trinajstić information content (AvgIpc) is 2.64. The highest BCUT2D eigenvalue weighted by Gasteiger charge is 2.27. The van der Waals surface area contributed by atoms with Crippen molar-refractivity contribution in [3.8, 4) is 0 Å². The number of rotatable bonds is 5. The Balaban J connectivity index is 2.27. The van der Waals surface area contributed by atoms with Crippen molar-refractivity contribution in [3.63, 3.8) is 0 Å². The van der Waals surface area contributed by atoms with Crippen molar-refractivity contribution in [2.24, 2.45) is 5.73 Å². The van der Waals surface area contributed by atoms with Gasteiger partial charge in [0.15, 0.2) is 0 Å². The van der Waals surface area contributed by atoms with Crippen LogP contribution in [0.2, 0.25) is 0 Å². The van der Waals surface area contributed by atoms with Gasteiger partial charge in [-0.1, -0.05) is 0 Å². The Labute approximate surface area is 91.4 Å². The molecule has 15 heavy (non-hydrogen) atoms. The van der Waals surface area contributed by atoms with Crippen molar-refractivity contribution in [3.05, 3.63) is 0 Å². The SMILES string of the molecule is CC(N)CCCC(=O)N1CCC[C@@H]1CO. The number of hydrogen-bond acceptors (Lipinski definition) is 3. The van der Waals surface area contributed by atoms with Crippen LogP contribution in [0.25, 0.3) is 0 Å². The first-order valence-corrected chi connectivity index (χ1v) is 5.81. The van der Waals surface area contributed by atoms with Crippen LogP contribution >= 0.6 is 0 Å². The summed E-state index contributed by atoms with van der Waals surface area (Å²) in [6, 6.07) is 0.234. The summed E-state index contributed by atoms with van der Waals surface area (Å²) in [6.45, 7) is 2.86. The van der Waals surface area contributed by atoms with Crippen molar-refractivity contribution < 1.29 is 9.90 Å². The van der Waals surface area contributed by atoms with E-state index >= 15 is 0 Å². The third-order valence-corrected chi connectivity index (χ3v) is 2.96. The average molecular weight is 214 g/mol. The standard InChI is InChI=1S/C11H22N2O2/c1-9(12)4-2-6-11(15)13-7-3-5-10(13)8-14/h9-10,14H,2-8,12H2,1H3/t9?,10-/m1/s1. The van der Waals surface area contributed by atoms with Crippen molar-refractivity contribution in [1.82, 2.24) is 4.90 Å². The fraction of sp³-hybridized carbons (Fsp3) is 0.909. The van der Waals surface area contributed by atoms with E-state index in [1.165, 1.54) is 0 Å². The molecule has 1 fully saturated rings. The molecule has 4 nitrogen and oxygen atoms in total. The van der Waals surface area contributed by atoms with Crippen LogP contribution in [0.15, 0.2) is 0 Å². The van der Waals surface area contributed by atoms with Crippen LogP contribution in [0.3, 0.4) is 0 Å². The summed E-state index contributed by atoms with van der Waals surface area (Å²) in [6.07, 6.45) is 4.27. The van der Waals surface area contributed by atoms with Gasteiger partial charge in [0, 0.05) is 19.0 Å². The van der Waals surface area contributed by atoms with Crippen molar-refractivity contribution in [2.45, 2.75) is 51.1 Å². The van der Waals surface area contributed by atoms with Crippen molar-refractivity contribution >= 4 is 5.91 Å². The summed E-state index contributed by atoms with van der Waals surface area (Å²) in [5.74, 6) is 0.173. The number of likely N-dealkylation sites (tertiary alicyclic amines) is 1. The number of aliphatic hydroxyl groups excluding tert-OH is 1. The Bertz CT molecular complexity index is 207. The predicted molar refractivity (Wildman–Crippen MR) is 59.3 cm³/mol. The number of amides is 1. The minimum absolute atomic E-state index is 0.0628. The Kier molecular flexibility index (Phi) is 5.05.